The van der Waals surface area contributed by atoms with Crippen molar-refractivity contribution >= 4 is 34.7 Å². The van der Waals surface area contributed by atoms with Crippen molar-refractivity contribution in [1.82, 2.24) is 9.97 Å². The number of rotatable bonds is 4. The number of nitrogens with zero attached hydrogens (tertiary/aromatic N) is 2. The van der Waals surface area contributed by atoms with E-state index in [4.69, 9.17) is 11.6 Å². The van der Waals surface area contributed by atoms with Crippen LogP contribution >= 0.6 is 11.6 Å². The molecule has 2 aromatic carbocycles. The first-order valence-corrected chi connectivity index (χ1v) is 7.51. The van der Waals surface area contributed by atoms with Gasteiger partial charge in [0.25, 0.3) is 5.91 Å². The maximum Gasteiger partial charge on any atom is 0.275 e. The Labute approximate surface area is 146 Å². The summed E-state index contributed by atoms with van der Waals surface area (Å²) >= 11 is 5.78. The molecule has 1 aromatic heterocycles. The molecule has 3 aromatic rings. The van der Waals surface area contributed by atoms with Gasteiger partial charge in [-0.1, -0.05) is 17.7 Å². The van der Waals surface area contributed by atoms with Crippen LogP contribution in [0.25, 0.3) is 0 Å². The summed E-state index contributed by atoms with van der Waals surface area (Å²) in [6, 6.07) is 10.1. The number of carbonyl (C=O) groups excluding carboxylic acids is 1. The molecule has 25 heavy (non-hydrogen) atoms. The fourth-order valence-corrected chi connectivity index (χ4v) is 2.11. The van der Waals surface area contributed by atoms with Gasteiger partial charge in [-0.05, 0) is 36.4 Å². The van der Waals surface area contributed by atoms with E-state index in [9.17, 15) is 13.6 Å². The minimum Gasteiger partial charge on any atom is -0.334 e. The van der Waals surface area contributed by atoms with Gasteiger partial charge in [0.05, 0.1) is 12.4 Å². The number of hydrogen-bond acceptors (Lipinski definition) is 4. The Balaban J connectivity index is 1.71. The highest BCUT2D eigenvalue weighted by Gasteiger charge is 2.11. The third-order valence-corrected chi connectivity index (χ3v) is 3.45. The van der Waals surface area contributed by atoms with E-state index in [1.165, 1.54) is 18.5 Å². The molecular weight excluding hydrogens is 350 g/mol. The van der Waals surface area contributed by atoms with Gasteiger partial charge in [-0.2, -0.15) is 0 Å². The normalized spacial score (nSPS) is 10.4. The van der Waals surface area contributed by atoms with Crippen molar-refractivity contribution in [3.63, 3.8) is 0 Å². The highest BCUT2D eigenvalue weighted by molar-refractivity contribution is 6.30. The fraction of sp³-hybridized carbons (Fsp3) is 0. The Kier molecular flexibility index (Phi) is 4.85. The van der Waals surface area contributed by atoms with Gasteiger partial charge in [-0.3, -0.25) is 4.79 Å². The number of hydrogen-bond donors (Lipinski definition) is 2. The van der Waals surface area contributed by atoms with Crippen LogP contribution < -0.4 is 10.6 Å². The van der Waals surface area contributed by atoms with Crippen LogP contribution in [0.3, 0.4) is 0 Å². The number of anilines is 3. The van der Waals surface area contributed by atoms with Crippen LogP contribution in [-0.2, 0) is 0 Å². The second kappa shape index (κ2) is 7.23. The molecule has 0 unspecified atom stereocenters. The number of amides is 1. The number of aromatic nitrogens is 2. The molecule has 0 spiro atoms. The predicted octanol–water partition coefficient (Wildman–Crippen LogP) is 4.40. The van der Waals surface area contributed by atoms with Crippen LogP contribution in [0.2, 0.25) is 5.02 Å². The van der Waals surface area contributed by atoms with Gasteiger partial charge < -0.3 is 10.6 Å². The molecule has 2 N–H and O–H groups in total. The molecule has 1 amide bonds. The maximum atomic E-state index is 13.6. The Hall–Kier alpha value is -3.06. The molecule has 0 atom stereocenters. The van der Waals surface area contributed by atoms with Crippen LogP contribution in [0.15, 0.2) is 54.9 Å². The number of para-hydroxylation sites is 1. The van der Waals surface area contributed by atoms with E-state index in [0.29, 0.717) is 10.7 Å². The van der Waals surface area contributed by atoms with Crippen molar-refractivity contribution in [3.8, 4) is 0 Å². The zero-order valence-electron chi connectivity index (χ0n) is 12.6. The van der Waals surface area contributed by atoms with Crippen molar-refractivity contribution in [2.24, 2.45) is 0 Å². The van der Waals surface area contributed by atoms with Gasteiger partial charge in [0.15, 0.2) is 0 Å². The van der Waals surface area contributed by atoms with E-state index >= 15 is 0 Å². The topological polar surface area (TPSA) is 66.9 Å². The molecule has 5 nitrogen and oxygen atoms in total. The summed E-state index contributed by atoms with van der Waals surface area (Å²) < 4.78 is 27.2. The second-order valence-electron chi connectivity index (χ2n) is 4.97. The van der Waals surface area contributed by atoms with Gasteiger partial charge in [0.1, 0.15) is 28.8 Å². The lowest BCUT2D eigenvalue weighted by atomic mass is 10.3. The highest BCUT2D eigenvalue weighted by Crippen LogP contribution is 2.21. The molecule has 0 aliphatic rings. The summed E-state index contributed by atoms with van der Waals surface area (Å²) in [5, 5.41) is 5.67. The predicted molar refractivity (Wildman–Crippen MR) is 91.1 cm³/mol. The summed E-state index contributed by atoms with van der Waals surface area (Å²) in [4.78, 5) is 20.0. The Morgan fingerprint density at radius 2 is 1.64 bits per heavy atom. The van der Waals surface area contributed by atoms with E-state index in [2.05, 4.69) is 20.6 Å². The Morgan fingerprint density at radius 1 is 0.960 bits per heavy atom. The van der Waals surface area contributed by atoms with Gasteiger partial charge in [-0.15, -0.1) is 0 Å². The zero-order valence-corrected chi connectivity index (χ0v) is 13.4. The monoisotopic (exact) mass is 360 g/mol. The van der Waals surface area contributed by atoms with Gasteiger partial charge in [0, 0.05) is 10.7 Å². The first-order valence-electron chi connectivity index (χ1n) is 7.13. The fourth-order valence-electron chi connectivity index (χ4n) is 1.98. The van der Waals surface area contributed by atoms with E-state index in [0.717, 1.165) is 12.1 Å². The standard InChI is InChI=1S/C17H11ClF2N4O/c18-10-4-6-11(7-5-10)23-17(25)14-8-22-15(9-21-14)24-16-12(19)2-1-3-13(16)20/h1-9H,(H,22,24)(H,23,25). The van der Waals surface area contributed by atoms with Crippen LogP contribution in [0.5, 0.6) is 0 Å². The van der Waals surface area contributed by atoms with Crippen molar-refractivity contribution in [2.75, 3.05) is 10.6 Å². The first kappa shape index (κ1) is 16.8. The highest BCUT2D eigenvalue weighted by atomic mass is 35.5. The number of carbonyl (C=O) groups is 1. The quantitative estimate of drug-likeness (QED) is 0.723. The van der Waals surface area contributed by atoms with Crippen molar-refractivity contribution in [3.05, 3.63) is 77.2 Å². The molecule has 0 saturated carbocycles. The summed E-state index contributed by atoms with van der Waals surface area (Å²) in [7, 11) is 0. The second-order valence-corrected chi connectivity index (χ2v) is 5.41. The summed E-state index contributed by atoms with van der Waals surface area (Å²) in [5.74, 6) is -1.89. The van der Waals surface area contributed by atoms with Gasteiger partial charge in [0.2, 0.25) is 0 Å². The minimum absolute atomic E-state index is 0.0505. The van der Waals surface area contributed by atoms with Gasteiger partial charge >= 0.3 is 0 Å². The van der Waals surface area contributed by atoms with Crippen LogP contribution in [0, 0.1) is 11.6 Å². The van der Waals surface area contributed by atoms with E-state index in [-0.39, 0.29) is 17.2 Å². The summed E-state index contributed by atoms with van der Waals surface area (Å²) in [6.07, 6.45) is 2.41. The summed E-state index contributed by atoms with van der Waals surface area (Å²) in [5.41, 5.74) is 0.261. The van der Waals surface area contributed by atoms with Crippen molar-refractivity contribution < 1.29 is 13.6 Å². The molecule has 3 rings (SSSR count). The molecule has 0 saturated heterocycles. The summed E-state index contributed by atoms with van der Waals surface area (Å²) in [6.45, 7) is 0. The molecule has 0 aliphatic heterocycles. The molecule has 0 bridgehead atoms. The average Bonchev–Trinajstić information content (AvgIpc) is 2.61. The number of halogens is 3. The van der Waals surface area contributed by atoms with Crippen molar-refractivity contribution in [1.29, 1.82) is 0 Å². The number of benzene rings is 2. The zero-order chi connectivity index (χ0) is 17.8. The third-order valence-electron chi connectivity index (χ3n) is 3.20. The molecule has 1 heterocycles. The molecular formula is C17H11ClF2N4O. The van der Waals surface area contributed by atoms with E-state index in [1.54, 1.807) is 24.3 Å². The molecule has 126 valence electrons. The lowest BCUT2D eigenvalue weighted by molar-refractivity contribution is 0.102. The molecule has 0 aliphatic carbocycles. The minimum atomic E-state index is -0.758. The lowest BCUT2D eigenvalue weighted by Gasteiger charge is -2.08. The largest absolute Gasteiger partial charge is 0.334 e. The van der Waals surface area contributed by atoms with Crippen LogP contribution in [-0.4, -0.2) is 15.9 Å². The van der Waals surface area contributed by atoms with Crippen LogP contribution in [0.1, 0.15) is 10.5 Å². The maximum absolute atomic E-state index is 13.6. The first-order chi connectivity index (χ1) is 12.0. The van der Waals surface area contributed by atoms with Gasteiger partial charge in [-0.25, -0.2) is 18.7 Å². The van der Waals surface area contributed by atoms with Crippen LogP contribution in [0.4, 0.5) is 26.0 Å². The Morgan fingerprint density at radius 3 is 2.24 bits per heavy atom. The molecule has 0 fully saturated rings. The smallest absolute Gasteiger partial charge is 0.275 e. The molecule has 8 heteroatoms. The lowest BCUT2D eigenvalue weighted by Crippen LogP contribution is -2.14. The molecule has 0 radical (unpaired) electrons. The van der Waals surface area contributed by atoms with E-state index < -0.39 is 17.5 Å². The average molecular weight is 361 g/mol. The SMILES string of the molecule is O=C(Nc1ccc(Cl)cc1)c1cnc(Nc2c(F)cccc2F)cn1. The number of nitrogens with one attached hydrogen (secondary N) is 2. The van der Waals surface area contributed by atoms with E-state index in [1.807, 2.05) is 0 Å². The third kappa shape index (κ3) is 4.07. The Bertz CT molecular complexity index is 881. The van der Waals surface area contributed by atoms with Crippen molar-refractivity contribution in [2.45, 2.75) is 0 Å².